The van der Waals surface area contributed by atoms with Crippen LogP contribution in [0.15, 0.2) is 60.7 Å². The predicted molar refractivity (Wildman–Crippen MR) is 126 cm³/mol. The second kappa shape index (κ2) is 11.2. The van der Waals surface area contributed by atoms with Gasteiger partial charge >= 0.3 is 6.18 Å². The summed E-state index contributed by atoms with van der Waals surface area (Å²) in [7, 11) is 0. The van der Waals surface area contributed by atoms with E-state index in [4.69, 9.17) is 10.5 Å². The fraction of sp³-hybridized carbons (Fsp3) is 0.346. The van der Waals surface area contributed by atoms with E-state index in [9.17, 15) is 22.7 Å². The molecule has 0 aliphatic heterocycles. The standard InChI is InChI=1S/C26H29F4N3O2/c1-3-35-24-20(13-14-32-17(2)18-7-5-4-6-8-18)15-22(25(34,16-31)26(28,29)30)33-23(24)19-9-11-21(27)12-10-19/h4-12,15,17,32,34H,3,13-14,16,31H2,1-2H3/t17-,25?/m0/s1. The molecule has 0 saturated heterocycles. The van der Waals surface area contributed by atoms with E-state index in [-0.39, 0.29) is 30.5 Å². The maximum absolute atomic E-state index is 13.8. The molecular formula is C26H29F4N3O2. The number of halogens is 4. The quantitative estimate of drug-likeness (QED) is 0.352. The monoisotopic (exact) mass is 491 g/mol. The number of nitrogens with one attached hydrogen (secondary N) is 1. The minimum Gasteiger partial charge on any atom is -0.491 e. The number of hydrogen-bond acceptors (Lipinski definition) is 5. The van der Waals surface area contributed by atoms with E-state index >= 15 is 0 Å². The minimum atomic E-state index is -5.06. The van der Waals surface area contributed by atoms with Crippen LogP contribution in [0.25, 0.3) is 11.3 Å². The van der Waals surface area contributed by atoms with Crippen molar-refractivity contribution in [3.63, 3.8) is 0 Å². The zero-order valence-electron chi connectivity index (χ0n) is 19.6. The average Bonchev–Trinajstić information content (AvgIpc) is 2.84. The lowest BCUT2D eigenvalue weighted by Crippen LogP contribution is -2.49. The molecular weight excluding hydrogens is 462 g/mol. The molecule has 0 radical (unpaired) electrons. The summed E-state index contributed by atoms with van der Waals surface area (Å²) in [5.41, 5.74) is 3.30. The van der Waals surface area contributed by atoms with Crippen LogP contribution in [0.4, 0.5) is 17.6 Å². The maximum atomic E-state index is 13.8. The highest BCUT2D eigenvalue weighted by atomic mass is 19.4. The number of benzene rings is 2. The lowest BCUT2D eigenvalue weighted by Gasteiger charge is -2.30. The highest BCUT2D eigenvalue weighted by molar-refractivity contribution is 5.69. The summed E-state index contributed by atoms with van der Waals surface area (Å²) >= 11 is 0. The van der Waals surface area contributed by atoms with Crippen LogP contribution in [0.5, 0.6) is 5.75 Å². The van der Waals surface area contributed by atoms with Gasteiger partial charge in [-0.1, -0.05) is 30.3 Å². The van der Waals surface area contributed by atoms with Gasteiger partial charge in [-0.15, -0.1) is 0 Å². The van der Waals surface area contributed by atoms with E-state index in [1.54, 1.807) is 6.92 Å². The third-order valence-corrected chi connectivity index (χ3v) is 5.79. The first kappa shape index (κ1) is 26.6. The zero-order chi connectivity index (χ0) is 25.6. The van der Waals surface area contributed by atoms with Crippen molar-refractivity contribution in [1.82, 2.24) is 10.3 Å². The molecule has 9 heteroatoms. The Labute approximate surface area is 202 Å². The Balaban J connectivity index is 2.05. The van der Waals surface area contributed by atoms with Gasteiger partial charge in [0.15, 0.2) is 0 Å². The van der Waals surface area contributed by atoms with Crippen molar-refractivity contribution < 1.29 is 27.4 Å². The molecule has 4 N–H and O–H groups in total. The predicted octanol–water partition coefficient (Wildman–Crippen LogP) is 4.89. The van der Waals surface area contributed by atoms with Gasteiger partial charge in [-0.2, -0.15) is 13.2 Å². The summed E-state index contributed by atoms with van der Waals surface area (Å²) in [6.07, 6.45) is -4.77. The molecule has 35 heavy (non-hydrogen) atoms. The van der Waals surface area contributed by atoms with Crippen molar-refractivity contribution in [2.24, 2.45) is 5.73 Å². The van der Waals surface area contributed by atoms with Crippen LogP contribution >= 0.6 is 0 Å². The smallest absolute Gasteiger partial charge is 0.424 e. The normalized spacial score (nSPS) is 14.4. The molecule has 2 atom stereocenters. The number of ether oxygens (including phenoxy) is 1. The van der Waals surface area contributed by atoms with Crippen LogP contribution in [-0.2, 0) is 12.0 Å². The SMILES string of the molecule is CCOc1c(CCN[C@@H](C)c2ccccc2)cc(C(O)(CN)C(F)(F)F)nc1-c1ccc(F)cc1. The van der Waals surface area contributed by atoms with Gasteiger partial charge in [0.05, 0.1) is 12.3 Å². The summed E-state index contributed by atoms with van der Waals surface area (Å²) in [6, 6.07) is 16.1. The Kier molecular flexibility index (Phi) is 8.47. The Morgan fingerprint density at radius 1 is 1.09 bits per heavy atom. The first-order valence-electron chi connectivity index (χ1n) is 11.3. The zero-order valence-corrected chi connectivity index (χ0v) is 19.6. The van der Waals surface area contributed by atoms with Crippen LogP contribution in [0, 0.1) is 5.82 Å². The number of hydrogen-bond donors (Lipinski definition) is 3. The number of aromatic nitrogens is 1. The molecule has 0 amide bonds. The fourth-order valence-electron chi connectivity index (χ4n) is 3.74. The summed E-state index contributed by atoms with van der Waals surface area (Å²) in [5, 5.41) is 13.9. The first-order chi connectivity index (χ1) is 16.6. The van der Waals surface area contributed by atoms with Gasteiger partial charge in [0.1, 0.15) is 17.3 Å². The molecule has 5 nitrogen and oxygen atoms in total. The lowest BCUT2D eigenvalue weighted by atomic mass is 9.94. The molecule has 0 bridgehead atoms. The molecule has 1 aromatic heterocycles. The van der Waals surface area contributed by atoms with Gasteiger partial charge in [0.2, 0.25) is 5.60 Å². The van der Waals surface area contributed by atoms with E-state index in [0.29, 0.717) is 17.7 Å². The van der Waals surface area contributed by atoms with Crippen molar-refractivity contribution in [3.8, 4) is 17.0 Å². The minimum absolute atomic E-state index is 0.000713. The van der Waals surface area contributed by atoms with Gasteiger partial charge in [0.25, 0.3) is 0 Å². The Bertz CT molecular complexity index is 1110. The molecule has 1 unspecified atom stereocenters. The number of alkyl halides is 3. The second-order valence-electron chi connectivity index (χ2n) is 8.18. The molecule has 0 saturated carbocycles. The molecule has 0 fully saturated rings. The number of pyridine rings is 1. The van der Waals surface area contributed by atoms with Crippen LogP contribution in [-0.4, -0.2) is 36.0 Å². The molecule has 0 spiro atoms. The summed E-state index contributed by atoms with van der Waals surface area (Å²) < 4.78 is 60.9. The van der Waals surface area contributed by atoms with Crippen LogP contribution in [0.2, 0.25) is 0 Å². The van der Waals surface area contributed by atoms with E-state index < -0.39 is 29.8 Å². The maximum Gasteiger partial charge on any atom is 0.424 e. The Hall–Kier alpha value is -3.01. The molecule has 3 aromatic rings. The average molecular weight is 492 g/mol. The van der Waals surface area contributed by atoms with E-state index in [1.165, 1.54) is 30.3 Å². The third-order valence-electron chi connectivity index (χ3n) is 5.79. The lowest BCUT2D eigenvalue weighted by molar-refractivity contribution is -0.263. The third kappa shape index (κ3) is 5.98. The van der Waals surface area contributed by atoms with Crippen molar-refractivity contribution in [3.05, 3.63) is 83.3 Å². The molecule has 0 aliphatic rings. The van der Waals surface area contributed by atoms with E-state index in [0.717, 1.165) is 5.56 Å². The van der Waals surface area contributed by atoms with E-state index in [2.05, 4.69) is 10.3 Å². The second-order valence-corrected chi connectivity index (χ2v) is 8.18. The van der Waals surface area contributed by atoms with Gasteiger partial charge in [-0.3, -0.25) is 0 Å². The molecule has 0 aliphatic carbocycles. The molecule has 188 valence electrons. The Morgan fingerprint density at radius 2 is 1.74 bits per heavy atom. The van der Waals surface area contributed by atoms with Crippen LogP contribution < -0.4 is 15.8 Å². The van der Waals surface area contributed by atoms with Crippen molar-refractivity contribution in [2.75, 3.05) is 19.7 Å². The number of nitrogens with zero attached hydrogens (tertiary/aromatic N) is 1. The molecule has 2 aromatic carbocycles. The summed E-state index contributed by atoms with van der Waals surface area (Å²) in [5.74, 6) is -0.227. The van der Waals surface area contributed by atoms with Gasteiger partial charge in [0, 0.05) is 18.2 Å². The van der Waals surface area contributed by atoms with Crippen LogP contribution in [0.1, 0.15) is 36.7 Å². The summed E-state index contributed by atoms with van der Waals surface area (Å²) in [6.45, 7) is 3.26. The molecule has 1 heterocycles. The van der Waals surface area contributed by atoms with Gasteiger partial charge in [-0.05, 0) is 68.3 Å². The number of rotatable bonds is 10. The Morgan fingerprint density at radius 3 is 2.31 bits per heavy atom. The highest BCUT2D eigenvalue weighted by Gasteiger charge is 2.55. The summed E-state index contributed by atoms with van der Waals surface area (Å²) in [4.78, 5) is 4.13. The topological polar surface area (TPSA) is 80.4 Å². The van der Waals surface area contributed by atoms with Crippen molar-refractivity contribution in [2.45, 2.75) is 38.1 Å². The van der Waals surface area contributed by atoms with Gasteiger partial charge < -0.3 is 20.9 Å². The fourth-order valence-corrected chi connectivity index (χ4v) is 3.74. The number of nitrogens with two attached hydrogens (primary N) is 1. The molecule has 3 rings (SSSR count). The number of aliphatic hydroxyl groups is 1. The van der Waals surface area contributed by atoms with E-state index in [1.807, 2.05) is 37.3 Å². The van der Waals surface area contributed by atoms with Crippen LogP contribution in [0.3, 0.4) is 0 Å². The largest absolute Gasteiger partial charge is 0.491 e. The first-order valence-corrected chi connectivity index (χ1v) is 11.3. The van der Waals surface area contributed by atoms with Crippen molar-refractivity contribution in [1.29, 1.82) is 0 Å². The highest BCUT2D eigenvalue weighted by Crippen LogP contribution is 2.41. The van der Waals surface area contributed by atoms with Crippen molar-refractivity contribution >= 4 is 0 Å². The van der Waals surface area contributed by atoms with Gasteiger partial charge in [-0.25, -0.2) is 9.37 Å².